The molecule has 16 heteroatoms. The van der Waals surface area contributed by atoms with Gasteiger partial charge in [-0.25, -0.2) is 9.18 Å². The first-order chi connectivity index (χ1) is 24.2. The number of amides is 2. The van der Waals surface area contributed by atoms with E-state index < -0.39 is 23.6 Å². The van der Waals surface area contributed by atoms with E-state index in [4.69, 9.17) is 40.5 Å². The minimum atomic E-state index is -0.791. The number of hydrogen-bond donors (Lipinski definition) is 2. The van der Waals surface area contributed by atoms with Crippen LogP contribution in [0.2, 0.25) is 5.02 Å². The van der Waals surface area contributed by atoms with E-state index >= 15 is 4.39 Å². The number of halogens is 2. The second kappa shape index (κ2) is 13.0. The quantitative estimate of drug-likeness (QED) is 0.222. The summed E-state index contributed by atoms with van der Waals surface area (Å²) in [5.41, 5.74) is 1.67. The smallest absolute Gasteiger partial charge is 0.412 e. The Balaban J connectivity index is 1.42. The molecule has 4 aromatic rings. The molecule has 13 nitrogen and oxygen atoms in total. The largest absolute Gasteiger partial charge is 0.461 e. The predicted molar refractivity (Wildman–Crippen MR) is 191 cm³/mol. The number of benzene rings is 2. The van der Waals surface area contributed by atoms with Gasteiger partial charge >= 0.3 is 12.1 Å². The maximum absolute atomic E-state index is 15.5. The van der Waals surface area contributed by atoms with Crippen LogP contribution in [0.4, 0.5) is 20.0 Å². The zero-order chi connectivity index (χ0) is 36.4. The Morgan fingerprint density at radius 2 is 1.96 bits per heavy atom. The van der Waals surface area contributed by atoms with E-state index in [1.807, 2.05) is 19.0 Å². The first-order valence-corrected chi connectivity index (χ1v) is 17.6. The third-order valence-corrected chi connectivity index (χ3v) is 10.9. The van der Waals surface area contributed by atoms with Crippen molar-refractivity contribution in [3.8, 4) is 23.2 Å². The molecule has 2 aromatic carbocycles. The molecule has 268 valence electrons. The van der Waals surface area contributed by atoms with Crippen molar-refractivity contribution in [3.05, 3.63) is 39.7 Å². The fourth-order valence-electron chi connectivity index (χ4n) is 6.56. The van der Waals surface area contributed by atoms with Gasteiger partial charge in [0.1, 0.15) is 46.5 Å². The molecular weight excluding hydrogens is 701 g/mol. The van der Waals surface area contributed by atoms with Gasteiger partial charge in [0.05, 0.1) is 52.6 Å². The number of aromatic nitrogens is 2. The van der Waals surface area contributed by atoms with Crippen LogP contribution in [0.15, 0.2) is 12.1 Å². The summed E-state index contributed by atoms with van der Waals surface area (Å²) in [6.45, 7) is 7.30. The molecule has 0 saturated carbocycles. The van der Waals surface area contributed by atoms with Gasteiger partial charge in [-0.1, -0.05) is 17.7 Å². The molecule has 3 aliphatic rings. The molecule has 0 aliphatic carbocycles. The van der Waals surface area contributed by atoms with Crippen LogP contribution >= 0.6 is 22.9 Å². The summed E-state index contributed by atoms with van der Waals surface area (Å²) >= 11 is 8.29. The molecule has 1 atom stereocenters. The van der Waals surface area contributed by atoms with Crippen molar-refractivity contribution in [2.24, 2.45) is 0 Å². The van der Waals surface area contributed by atoms with E-state index in [1.54, 1.807) is 38.8 Å². The van der Waals surface area contributed by atoms with Crippen molar-refractivity contribution in [1.82, 2.24) is 19.8 Å². The van der Waals surface area contributed by atoms with E-state index in [-0.39, 0.29) is 63.0 Å². The van der Waals surface area contributed by atoms with Crippen LogP contribution in [0.3, 0.4) is 0 Å². The van der Waals surface area contributed by atoms with Gasteiger partial charge in [-0.15, -0.1) is 11.3 Å². The molecule has 0 unspecified atom stereocenters. The van der Waals surface area contributed by atoms with Gasteiger partial charge in [-0.2, -0.15) is 15.2 Å². The highest BCUT2D eigenvalue weighted by molar-refractivity contribution is 7.23. The number of nitrogens with one attached hydrogen (secondary N) is 2. The lowest BCUT2D eigenvalue weighted by atomic mass is 9.91. The van der Waals surface area contributed by atoms with Crippen LogP contribution in [0, 0.1) is 17.1 Å². The maximum Gasteiger partial charge on any atom is 0.412 e. The summed E-state index contributed by atoms with van der Waals surface area (Å²) in [5.74, 6) is -0.254. The molecule has 2 aromatic heterocycles. The highest BCUT2D eigenvalue weighted by Gasteiger charge is 2.42. The van der Waals surface area contributed by atoms with Crippen molar-refractivity contribution >= 4 is 66.7 Å². The Morgan fingerprint density at radius 3 is 2.59 bits per heavy atom. The number of anilines is 2. The fourth-order valence-corrected chi connectivity index (χ4v) is 7.98. The number of carbonyl (C=O) groups is 2. The molecule has 2 saturated heterocycles. The molecule has 3 aliphatic heterocycles. The van der Waals surface area contributed by atoms with Crippen LogP contribution in [0.25, 0.3) is 32.1 Å². The SMILES string of the molecule is CN1CC[C@@H](Nc2nc(OCC3(N(C)C)COC3)nc3c(Cl)c(-c4ccc(F)c5sc(NC(=O)OC(C)(C)C)c(C#N)c45)c4c(c23)COC4)C1=O. The van der Waals surface area contributed by atoms with Crippen LogP contribution in [0.5, 0.6) is 6.01 Å². The molecule has 0 bridgehead atoms. The van der Waals surface area contributed by atoms with E-state index in [2.05, 4.69) is 16.7 Å². The highest BCUT2D eigenvalue weighted by atomic mass is 35.5. The highest BCUT2D eigenvalue weighted by Crippen LogP contribution is 2.50. The Hall–Kier alpha value is -4.33. The van der Waals surface area contributed by atoms with Crippen molar-refractivity contribution in [1.29, 1.82) is 5.26 Å². The Labute approximate surface area is 302 Å². The molecule has 2 amide bonds. The Kier molecular flexibility index (Phi) is 8.96. The van der Waals surface area contributed by atoms with Gasteiger partial charge in [0.25, 0.3) is 0 Å². The fraction of sp³-hybridized carbons (Fsp3) is 0.457. The van der Waals surface area contributed by atoms with Crippen molar-refractivity contribution < 1.29 is 32.9 Å². The van der Waals surface area contributed by atoms with Crippen LogP contribution in [0.1, 0.15) is 43.9 Å². The van der Waals surface area contributed by atoms with Crippen LogP contribution in [-0.4, -0.2) is 96.5 Å². The molecule has 7 rings (SSSR count). The van der Waals surface area contributed by atoms with Gasteiger partial charge in [-0.05, 0) is 64.0 Å². The first kappa shape index (κ1) is 35.1. The number of hydrogen-bond acceptors (Lipinski definition) is 12. The first-order valence-electron chi connectivity index (χ1n) is 16.4. The number of nitriles is 1. The van der Waals surface area contributed by atoms with Gasteiger partial charge in [0, 0.05) is 24.5 Å². The third kappa shape index (κ3) is 6.18. The number of likely N-dealkylation sites (tertiary alicyclic amines) is 1. The minimum absolute atomic E-state index is 0.0463. The number of ether oxygens (including phenoxy) is 4. The zero-order valence-electron chi connectivity index (χ0n) is 29.0. The summed E-state index contributed by atoms with van der Waals surface area (Å²) in [6, 6.07) is 4.55. The zero-order valence-corrected chi connectivity index (χ0v) is 30.6. The normalized spacial score (nSPS) is 18.2. The Bertz CT molecular complexity index is 2140. The second-order valence-corrected chi connectivity index (χ2v) is 15.6. The topological polar surface area (TPSA) is 151 Å². The predicted octanol–water partition coefficient (Wildman–Crippen LogP) is 5.90. The number of carbonyl (C=O) groups excluding carboxylic acids is 2. The number of rotatable bonds is 8. The number of likely N-dealkylation sites (N-methyl/N-ethyl adjacent to an activating group) is 2. The summed E-state index contributed by atoms with van der Waals surface area (Å²) in [6.07, 6.45) is -0.198. The average molecular weight is 738 g/mol. The maximum atomic E-state index is 15.5. The minimum Gasteiger partial charge on any atom is -0.461 e. The Morgan fingerprint density at radius 1 is 1.22 bits per heavy atom. The lowest BCUT2D eigenvalue weighted by molar-refractivity contribution is -0.141. The second-order valence-electron chi connectivity index (χ2n) is 14.2. The van der Waals surface area contributed by atoms with Gasteiger partial charge in [-0.3, -0.25) is 15.0 Å². The van der Waals surface area contributed by atoms with E-state index in [0.29, 0.717) is 59.6 Å². The molecule has 51 heavy (non-hydrogen) atoms. The molecule has 0 spiro atoms. The molecular formula is C35H37ClFN7O6S. The lowest BCUT2D eigenvalue weighted by Gasteiger charge is -2.45. The number of fused-ring (bicyclic) bond motifs is 4. The lowest BCUT2D eigenvalue weighted by Crippen LogP contribution is -2.63. The average Bonchev–Trinajstić information content (AvgIpc) is 3.75. The third-order valence-electron chi connectivity index (χ3n) is 9.46. The van der Waals surface area contributed by atoms with Crippen molar-refractivity contribution in [2.45, 2.75) is 57.6 Å². The van der Waals surface area contributed by atoms with E-state index in [0.717, 1.165) is 16.9 Å². The molecule has 5 heterocycles. The van der Waals surface area contributed by atoms with E-state index in [1.165, 1.54) is 6.07 Å². The molecule has 2 N–H and O–H groups in total. The van der Waals surface area contributed by atoms with Crippen LogP contribution < -0.4 is 15.4 Å². The summed E-state index contributed by atoms with van der Waals surface area (Å²) in [7, 11) is 5.66. The summed E-state index contributed by atoms with van der Waals surface area (Å²) in [4.78, 5) is 39.1. The van der Waals surface area contributed by atoms with Gasteiger partial charge in [0.2, 0.25) is 5.91 Å². The van der Waals surface area contributed by atoms with Crippen molar-refractivity contribution in [2.75, 3.05) is 58.1 Å². The van der Waals surface area contributed by atoms with E-state index in [9.17, 15) is 14.9 Å². The number of thiophene rings is 1. The summed E-state index contributed by atoms with van der Waals surface area (Å²) < 4.78 is 38.8. The van der Waals surface area contributed by atoms with Crippen molar-refractivity contribution in [3.63, 3.8) is 0 Å². The molecule has 2 fully saturated rings. The summed E-state index contributed by atoms with van der Waals surface area (Å²) in [5, 5.41) is 17.6. The van der Waals surface area contributed by atoms with Gasteiger partial charge in [0.15, 0.2) is 0 Å². The standard InChI is InChI=1S/C35H37ClFN7O6S/c1-34(2,3)50-33(46)42-30-18(11-38)24-17(7-8-21(37)28(24)51-30)23-19-12-47-13-20(19)25-27(26(23)36)40-32(49-16-35(43(4)5)14-48-15-35)41-29(25)39-22-9-10-44(6)31(22)45/h7-8,22H,9-10,12-16H2,1-6H3,(H,42,46)(H,39,40,41)/t22-/m1/s1. The van der Waals surface area contributed by atoms with Crippen LogP contribution in [-0.2, 0) is 32.2 Å². The number of nitrogens with zero attached hydrogens (tertiary/aromatic N) is 5. The monoisotopic (exact) mass is 737 g/mol. The van der Waals surface area contributed by atoms with Gasteiger partial charge < -0.3 is 29.2 Å². The molecule has 0 radical (unpaired) electrons.